The van der Waals surface area contributed by atoms with E-state index in [9.17, 15) is 9.59 Å². The Balaban J connectivity index is 1.29. The van der Waals surface area contributed by atoms with Crippen LogP contribution < -0.4 is 15.6 Å². The fourth-order valence-corrected chi connectivity index (χ4v) is 5.59. The van der Waals surface area contributed by atoms with E-state index in [2.05, 4.69) is 11.4 Å². The lowest BCUT2D eigenvalue weighted by Crippen LogP contribution is -2.49. The van der Waals surface area contributed by atoms with Crippen molar-refractivity contribution in [2.24, 2.45) is 5.92 Å². The van der Waals surface area contributed by atoms with E-state index in [-0.39, 0.29) is 17.4 Å². The van der Waals surface area contributed by atoms with Crippen LogP contribution in [0.3, 0.4) is 0 Å². The maximum Gasteiger partial charge on any atom is 0.274 e. The number of fused-ring (bicyclic) bond motifs is 4. The first-order valence-electron chi connectivity index (χ1n) is 11.0. The molecular weight excluding hydrogens is 422 g/mol. The number of benzene rings is 1. The minimum Gasteiger partial charge on any atom is -0.497 e. The first-order chi connectivity index (χ1) is 15.6. The zero-order valence-electron chi connectivity index (χ0n) is 18.1. The molecule has 0 unspecified atom stereocenters. The number of nitrogens with zero attached hydrogens (tertiary/aromatic N) is 2. The van der Waals surface area contributed by atoms with Gasteiger partial charge >= 0.3 is 0 Å². The van der Waals surface area contributed by atoms with Crippen LogP contribution in [-0.4, -0.2) is 35.6 Å². The molecular formula is C25H27N3O3S. The average Bonchev–Trinajstić information content (AvgIpc) is 3.32. The molecule has 2 aliphatic heterocycles. The van der Waals surface area contributed by atoms with Crippen LogP contribution in [0, 0.1) is 5.92 Å². The van der Waals surface area contributed by atoms with Crippen LogP contribution in [0.15, 0.2) is 58.7 Å². The number of nitrogens with one attached hydrogen (secondary N) is 1. The van der Waals surface area contributed by atoms with E-state index >= 15 is 0 Å². The molecule has 32 heavy (non-hydrogen) atoms. The van der Waals surface area contributed by atoms with E-state index in [4.69, 9.17) is 4.74 Å². The van der Waals surface area contributed by atoms with Gasteiger partial charge in [0, 0.05) is 42.7 Å². The van der Waals surface area contributed by atoms with Gasteiger partial charge in [0.25, 0.3) is 5.56 Å². The summed E-state index contributed by atoms with van der Waals surface area (Å²) in [6.45, 7) is 2.68. The first-order valence-corrected chi connectivity index (χ1v) is 11.9. The number of carbonyl (C=O) groups is 1. The number of piperidine rings is 1. The molecule has 7 heteroatoms. The van der Waals surface area contributed by atoms with Gasteiger partial charge in [0.1, 0.15) is 11.4 Å². The van der Waals surface area contributed by atoms with Gasteiger partial charge < -0.3 is 19.5 Å². The third-order valence-corrected chi connectivity index (χ3v) is 7.38. The molecule has 3 aromatic rings. The summed E-state index contributed by atoms with van der Waals surface area (Å²) >= 11 is 1.63. The summed E-state index contributed by atoms with van der Waals surface area (Å²) in [7, 11) is 1.65. The van der Waals surface area contributed by atoms with Gasteiger partial charge in [-0.2, -0.15) is 0 Å². The van der Waals surface area contributed by atoms with Gasteiger partial charge in [-0.1, -0.05) is 18.2 Å². The average molecular weight is 450 g/mol. The topological polar surface area (TPSA) is 63.6 Å². The molecule has 166 valence electrons. The smallest absolute Gasteiger partial charge is 0.274 e. The molecule has 2 aromatic heterocycles. The molecule has 0 radical (unpaired) electrons. The van der Waals surface area contributed by atoms with Crippen molar-refractivity contribution in [3.63, 3.8) is 0 Å². The van der Waals surface area contributed by atoms with E-state index in [1.807, 2.05) is 57.3 Å². The van der Waals surface area contributed by atoms with Gasteiger partial charge in [-0.05, 0) is 53.6 Å². The Kier molecular flexibility index (Phi) is 5.74. The monoisotopic (exact) mass is 449 g/mol. The summed E-state index contributed by atoms with van der Waals surface area (Å²) < 4.78 is 7.13. The van der Waals surface area contributed by atoms with Crippen LogP contribution in [0.4, 0.5) is 5.69 Å². The van der Waals surface area contributed by atoms with E-state index in [1.165, 1.54) is 0 Å². The van der Waals surface area contributed by atoms with Gasteiger partial charge in [0.2, 0.25) is 5.91 Å². The number of hydrogen-bond acceptors (Lipinski definition) is 5. The van der Waals surface area contributed by atoms with Crippen molar-refractivity contribution >= 4 is 22.9 Å². The van der Waals surface area contributed by atoms with Crippen LogP contribution in [0.1, 0.15) is 28.5 Å². The molecule has 1 saturated heterocycles. The van der Waals surface area contributed by atoms with Gasteiger partial charge in [0.05, 0.1) is 13.5 Å². The predicted molar refractivity (Wildman–Crippen MR) is 126 cm³/mol. The second-order valence-electron chi connectivity index (χ2n) is 8.64. The lowest BCUT2D eigenvalue weighted by molar-refractivity contribution is -0.133. The number of pyridine rings is 1. The van der Waals surface area contributed by atoms with Crippen LogP contribution in [-0.2, 0) is 24.3 Å². The van der Waals surface area contributed by atoms with E-state index in [0.29, 0.717) is 37.7 Å². The fraction of sp³-hybridized carbons (Fsp3) is 0.360. The minimum atomic E-state index is 0.0315. The van der Waals surface area contributed by atoms with Gasteiger partial charge in [-0.15, -0.1) is 11.3 Å². The van der Waals surface area contributed by atoms with Crippen molar-refractivity contribution in [1.29, 1.82) is 0 Å². The third-order valence-electron chi connectivity index (χ3n) is 6.50. The zero-order chi connectivity index (χ0) is 22.1. The minimum absolute atomic E-state index is 0.0315. The number of rotatable bonds is 6. The second-order valence-corrected chi connectivity index (χ2v) is 9.68. The number of amides is 1. The summed E-state index contributed by atoms with van der Waals surface area (Å²) in [5, 5.41) is 5.31. The summed E-state index contributed by atoms with van der Waals surface area (Å²) in [4.78, 5) is 29.1. The Hall–Kier alpha value is -3.06. The summed E-state index contributed by atoms with van der Waals surface area (Å²) in [5.41, 5.74) is 2.79. The fourth-order valence-electron chi connectivity index (χ4n) is 4.90. The number of thiophene rings is 1. The molecule has 6 nitrogen and oxygen atoms in total. The highest BCUT2D eigenvalue weighted by Gasteiger charge is 2.36. The molecule has 2 bridgehead atoms. The standard InChI is InChI=1S/C25H27N3O3S/c1-31-20-6-4-17(5-7-20)13-26-22-8-9-23-19-11-18(15-28(23)25(22)30)14-27(16-19)24(29)12-21-3-2-10-32-21/h2-10,18-19,26H,11-16H2,1H3/t18-,19-/m1/s1. The highest BCUT2D eigenvalue weighted by molar-refractivity contribution is 7.10. The highest BCUT2D eigenvalue weighted by atomic mass is 32.1. The van der Waals surface area contributed by atoms with Crippen molar-refractivity contribution in [2.75, 3.05) is 25.5 Å². The van der Waals surface area contributed by atoms with E-state index in [0.717, 1.165) is 34.8 Å². The maximum absolute atomic E-state index is 13.2. The lowest BCUT2D eigenvalue weighted by Gasteiger charge is -2.43. The van der Waals surface area contributed by atoms with Crippen molar-refractivity contribution in [3.8, 4) is 5.75 Å². The molecule has 0 saturated carbocycles. The van der Waals surface area contributed by atoms with Crippen LogP contribution in [0.2, 0.25) is 0 Å². The molecule has 2 atom stereocenters. The normalized spacial score (nSPS) is 19.3. The van der Waals surface area contributed by atoms with E-state index in [1.54, 1.807) is 18.4 Å². The maximum atomic E-state index is 13.2. The van der Waals surface area contributed by atoms with Gasteiger partial charge in [-0.25, -0.2) is 0 Å². The Morgan fingerprint density at radius 2 is 1.97 bits per heavy atom. The third kappa shape index (κ3) is 4.17. The molecule has 1 amide bonds. The SMILES string of the molecule is COc1ccc(CNc2ccc3n(c2=O)C[C@@H]2C[C@@H]3CN(C(=O)Cc3cccs3)C2)cc1. The van der Waals surface area contributed by atoms with Crippen molar-refractivity contribution in [3.05, 3.63) is 80.4 Å². The second kappa shape index (κ2) is 8.82. The first kappa shape index (κ1) is 20.8. The summed E-state index contributed by atoms with van der Waals surface area (Å²) in [6.07, 6.45) is 1.51. The number of ether oxygens (including phenoxy) is 1. The van der Waals surface area contributed by atoms with Crippen LogP contribution >= 0.6 is 11.3 Å². The Morgan fingerprint density at radius 1 is 1.12 bits per heavy atom. The van der Waals surface area contributed by atoms with Crippen LogP contribution in [0.5, 0.6) is 5.75 Å². The largest absolute Gasteiger partial charge is 0.497 e. The molecule has 1 fully saturated rings. The van der Waals surface area contributed by atoms with Crippen molar-refractivity contribution in [1.82, 2.24) is 9.47 Å². The zero-order valence-corrected chi connectivity index (χ0v) is 18.9. The molecule has 2 aliphatic rings. The Bertz CT molecular complexity index is 1150. The molecule has 1 N–H and O–H groups in total. The highest BCUT2D eigenvalue weighted by Crippen LogP contribution is 2.35. The number of anilines is 1. The molecule has 4 heterocycles. The predicted octanol–water partition coefficient (Wildman–Crippen LogP) is 3.72. The number of hydrogen-bond donors (Lipinski definition) is 1. The molecule has 1 aromatic carbocycles. The van der Waals surface area contributed by atoms with Gasteiger partial charge in [-0.3, -0.25) is 9.59 Å². The molecule has 0 spiro atoms. The number of aromatic nitrogens is 1. The van der Waals surface area contributed by atoms with Crippen molar-refractivity contribution in [2.45, 2.75) is 31.8 Å². The molecule has 0 aliphatic carbocycles. The van der Waals surface area contributed by atoms with Gasteiger partial charge in [0.15, 0.2) is 0 Å². The quantitative estimate of drug-likeness (QED) is 0.623. The van der Waals surface area contributed by atoms with Crippen LogP contribution in [0.25, 0.3) is 0 Å². The lowest BCUT2D eigenvalue weighted by atomic mass is 9.83. The Morgan fingerprint density at radius 3 is 2.72 bits per heavy atom. The Labute approximate surface area is 191 Å². The summed E-state index contributed by atoms with van der Waals surface area (Å²) in [6, 6.07) is 15.8. The van der Waals surface area contributed by atoms with Crippen molar-refractivity contribution < 1.29 is 9.53 Å². The number of carbonyl (C=O) groups excluding carboxylic acids is 1. The molecule has 5 rings (SSSR count). The summed E-state index contributed by atoms with van der Waals surface area (Å²) in [5.74, 6) is 1.55. The van der Waals surface area contributed by atoms with E-state index < -0.39 is 0 Å². The number of methoxy groups -OCH3 is 1. The number of likely N-dealkylation sites (tertiary alicyclic amines) is 1.